The van der Waals surface area contributed by atoms with Crippen molar-refractivity contribution in [2.45, 2.75) is 57.0 Å². The third-order valence-corrected chi connectivity index (χ3v) is 11.5. The molecule has 1 unspecified atom stereocenters. The monoisotopic (exact) mass is 788 g/mol. The second-order valence-electron chi connectivity index (χ2n) is 15.5. The van der Waals surface area contributed by atoms with Crippen molar-refractivity contribution in [2.24, 2.45) is 0 Å². The summed E-state index contributed by atoms with van der Waals surface area (Å²) in [7, 11) is 3.31. The van der Waals surface area contributed by atoms with Crippen molar-refractivity contribution in [3.8, 4) is 11.1 Å². The topological polar surface area (TPSA) is 136 Å². The van der Waals surface area contributed by atoms with Gasteiger partial charge < -0.3 is 25.0 Å². The van der Waals surface area contributed by atoms with Crippen molar-refractivity contribution in [1.82, 2.24) is 29.9 Å². The molecular formula is C44H46F2N8O4. The molecule has 1 atom stereocenters. The number of carbonyl (C=O) groups excluding carboxylic acids is 4. The lowest BCUT2D eigenvalue weighted by Gasteiger charge is -2.34. The summed E-state index contributed by atoms with van der Waals surface area (Å²) < 4.78 is 33.6. The molecule has 4 amide bonds. The van der Waals surface area contributed by atoms with Crippen LogP contribution in [0.2, 0.25) is 0 Å². The third-order valence-electron chi connectivity index (χ3n) is 11.5. The molecule has 3 N–H and O–H groups in total. The zero-order valence-corrected chi connectivity index (χ0v) is 32.6. The number of hydrogen-bond acceptors (Lipinski definition) is 7. The van der Waals surface area contributed by atoms with Gasteiger partial charge >= 0.3 is 0 Å². The maximum absolute atomic E-state index is 16.5. The number of hydrogen-bond donors (Lipinski definition) is 3. The Balaban J connectivity index is 0.989. The summed E-state index contributed by atoms with van der Waals surface area (Å²) in [5.74, 6) is -1.58. The summed E-state index contributed by atoms with van der Waals surface area (Å²) >= 11 is 0. The fraction of sp³-hybridized carbons (Fsp3) is 0.341. The molecule has 3 aromatic carbocycles. The van der Waals surface area contributed by atoms with Crippen LogP contribution in [0.15, 0.2) is 79.1 Å². The van der Waals surface area contributed by atoms with Crippen LogP contribution in [0, 0.1) is 11.6 Å². The fourth-order valence-electron chi connectivity index (χ4n) is 8.32. The second kappa shape index (κ2) is 16.3. The highest BCUT2D eigenvalue weighted by atomic mass is 19.1. The number of aromatic nitrogens is 3. The number of benzene rings is 3. The largest absolute Gasteiger partial charge is 0.374 e. The van der Waals surface area contributed by atoms with Gasteiger partial charge in [0, 0.05) is 88.7 Å². The normalized spacial score (nSPS) is 17.7. The van der Waals surface area contributed by atoms with Crippen molar-refractivity contribution in [2.75, 3.05) is 50.5 Å². The Hall–Kier alpha value is -6.31. The number of H-pyrrole nitrogens is 1. The number of anilines is 2. The molecule has 5 aromatic rings. The molecule has 3 aliphatic rings. The molecule has 5 heterocycles. The van der Waals surface area contributed by atoms with Crippen LogP contribution in [0.3, 0.4) is 0 Å². The average Bonchev–Trinajstić information content (AvgIpc) is 3.93. The van der Waals surface area contributed by atoms with Crippen LogP contribution in [0.25, 0.3) is 27.6 Å². The van der Waals surface area contributed by atoms with Crippen molar-refractivity contribution >= 4 is 51.5 Å². The van der Waals surface area contributed by atoms with Gasteiger partial charge in [0.05, 0.1) is 11.2 Å². The lowest BCUT2D eigenvalue weighted by molar-refractivity contribution is -0.134. The fourth-order valence-corrected chi connectivity index (χ4v) is 8.32. The predicted octanol–water partition coefficient (Wildman–Crippen LogP) is 6.32. The van der Waals surface area contributed by atoms with E-state index in [1.807, 2.05) is 41.4 Å². The Labute approximate surface area is 334 Å². The van der Waals surface area contributed by atoms with Crippen LogP contribution in [0.1, 0.15) is 66.1 Å². The maximum atomic E-state index is 16.5. The summed E-state index contributed by atoms with van der Waals surface area (Å²) in [5, 5.41) is 10.1. The number of nitrogens with one attached hydrogen (secondary N) is 3. The minimum Gasteiger partial charge on any atom is -0.374 e. The Morgan fingerprint density at radius 3 is 2.47 bits per heavy atom. The van der Waals surface area contributed by atoms with Gasteiger partial charge in [-0.3, -0.25) is 29.2 Å². The van der Waals surface area contributed by atoms with Gasteiger partial charge in [0.25, 0.3) is 5.91 Å². The zero-order valence-electron chi connectivity index (χ0n) is 32.6. The zero-order chi connectivity index (χ0) is 40.5. The van der Waals surface area contributed by atoms with E-state index in [1.54, 1.807) is 48.1 Å². The first-order valence-corrected chi connectivity index (χ1v) is 19.8. The Morgan fingerprint density at radius 1 is 0.966 bits per heavy atom. The summed E-state index contributed by atoms with van der Waals surface area (Å²) in [6, 6.07) is 17.9. The molecule has 58 heavy (non-hydrogen) atoms. The van der Waals surface area contributed by atoms with E-state index < -0.39 is 17.8 Å². The molecule has 8 rings (SSSR count). The highest BCUT2D eigenvalue weighted by Crippen LogP contribution is 2.39. The smallest absolute Gasteiger partial charge is 0.269 e. The van der Waals surface area contributed by atoms with Crippen LogP contribution < -0.4 is 15.5 Å². The minimum atomic E-state index is -0.588. The van der Waals surface area contributed by atoms with Gasteiger partial charge in [-0.15, -0.1) is 0 Å². The van der Waals surface area contributed by atoms with E-state index in [-0.39, 0.29) is 60.1 Å². The number of carbonyl (C=O) groups is 4. The second-order valence-corrected chi connectivity index (χ2v) is 15.5. The molecule has 300 valence electrons. The molecule has 0 bridgehead atoms. The van der Waals surface area contributed by atoms with Gasteiger partial charge in [-0.1, -0.05) is 30.3 Å². The first kappa shape index (κ1) is 38.6. The first-order chi connectivity index (χ1) is 28.0. The van der Waals surface area contributed by atoms with E-state index in [1.165, 1.54) is 11.0 Å². The molecule has 0 radical (unpaired) electrons. The van der Waals surface area contributed by atoms with Crippen LogP contribution in [-0.2, 0) is 20.9 Å². The highest BCUT2D eigenvalue weighted by molar-refractivity contribution is 6.05. The van der Waals surface area contributed by atoms with Gasteiger partial charge in [0.2, 0.25) is 17.7 Å². The number of fused-ring (bicyclic) bond motifs is 1. The van der Waals surface area contributed by atoms with Crippen LogP contribution in [-0.4, -0.2) is 94.5 Å². The van der Waals surface area contributed by atoms with E-state index in [0.29, 0.717) is 61.3 Å². The number of aromatic amines is 1. The molecule has 0 saturated carbocycles. The number of imide groups is 1. The molecule has 2 aromatic heterocycles. The van der Waals surface area contributed by atoms with E-state index in [9.17, 15) is 19.2 Å². The molecule has 2 fully saturated rings. The molecule has 3 aliphatic heterocycles. The van der Waals surface area contributed by atoms with E-state index in [2.05, 4.69) is 32.8 Å². The summed E-state index contributed by atoms with van der Waals surface area (Å²) in [4.78, 5) is 58.2. The first-order valence-electron chi connectivity index (χ1n) is 19.8. The van der Waals surface area contributed by atoms with Gasteiger partial charge in [0.15, 0.2) is 5.82 Å². The van der Waals surface area contributed by atoms with Crippen LogP contribution in [0.5, 0.6) is 0 Å². The number of rotatable bonds is 10. The van der Waals surface area contributed by atoms with E-state index >= 15 is 8.78 Å². The Kier molecular flexibility index (Phi) is 10.8. The quantitative estimate of drug-likeness (QED) is 0.141. The number of piperidine rings is 2. The van der Waals surface area contributed by atoms with Gasteiger partial charge in [0.1, 0.15) is 17.6 Å². The summed E-state index contributed by atoms with van der Waals surface area (Å²) in [6.45, 7) is 2.61. The average molecular weight is 789 g/mol. The predicted molar refractivity (Wildman–Crippen MR) is 218 cm³/mol. The number of amides is 4. The van der Waals surface area contributed by atoms with Crippen molar-refractivity contribution in [3.63, 3.8) is 0 Å². The van der Waals surface area contributed by atoms with Crippen molar-refractivity contribution in [3.05, 3.63) is 108 Å². The summed E-state index contributed by atoms with van der Waals surface area (Å²) in [6.07, 6.45) is 8.61. The lowest BCUT2D eigenvalue weighted by atomic mass is 9.87. The van der Waals surface area contributed by atoms with Crippen LogP contribution in [0.4, 0.5) is 20.2 Å². The molecule has 2 saturated heterocycles. The molecule has 14 heteroatoms. The SMILES string of the molecule is CN(C)C(=O)c1cc2c(-c3ccc(C4CCN(c5ccc(NC6CCC(=O)NC6=O)cc5F)CC4)cc3)cc(C3=CCCN(C(=O)CCn4cccn4)C3)c(F)c2[nH]1. The number of aryl methyl sites for hydroxylation is 1. The third kappa shape index (κ3) is 7.95. The van der Waals surface area contributed by atoms with E-state index in [0.717, 1.165) is 35.1 Å². The Morgan fingerprint density at radius 2 is 1.76 bits per heavy atom. The minimum absolute atomic E-state index is 0.0228. The Bertz CT molecular complexity index is 2400. The standard InChI is InChI=1S/C44H46F2N8O4/c1-51(2)44(58)37-25-34-32(24-33(41(46)42(34)49-37)30-5-3-18-53(26-30)40(56)16-22-54-19-4-17-47-54)29-8-6-27(7-9-29)28-14-20-52(21-15-28)38-12-10-31(23-35(38)45)48-36-11-13-39(55)50-43(36)57/h4-10,12,17,19,23-25,28,36,48-49H,3,11,13-16,18,20-22,26H2,1-2H3,(H,50,55,57). The van der Waals surface area contributed by atoms with Crippen LogP contribution >= 0.6 is 0 Å². The maximum Gasteiger partial charge on any atom is 0.269 e. The highest BCUT2D eigenvalue weighted by Gasteiger charge is 2.29. The van der Waals surface area contributed by atoms with Gasteiger partial charge in [-0.25, -0.2) is 8.78 Å². The van der Waals surface area contributed by atoms with Crippen molar-refractivity contribution in [1.29, 1.82) is 0 Å². The van der Waals surface area contributed by atoms with Crippen molar-refractivity contribution < 1.29 is 28.0 Å². The number of nitrogens with zero attached hydrogens (tertiary/aromatic N) is 5. The molecular weight excluding hydrogens is 743 g/mol. The molecule has 12 nitrogen and oxygen atoms in total. The number of halogens is 2. The van der Waals surface area contributed by atoms with Gasteiger partial charge in [-0.2, -0.15) is 5.10 Å². The summed E-state index contributed by atoms with van der Waals surface area (Å²) in [5.41, 5.74) is 5.42. The lowest BCUT2D eigenvalue weighted by Crippen LogP contribution is -2.47. The molecule has 0 aliphatic carbocycles. The van der Waals surface area contributed by atoms with Gasteiger partial charge in [-0.05, 0) is 90.3 Å². The molecule has 0 spiro atoms. The van der Waals surface area contributed by atoms with E-state index in [4.69, 9.17) is 0 Å².